The standard InChI is InChI=1S/C11H17N3O3/c1-2-8-7-9(14-13-8)11(17)12-6-4-3-5-10(15)16/h7H,2-6H2,1H3,(H,12,17)(H,13,14)(H,15,16). The van der Waals surface area contributed by atoms with Gasteiger partial charge in [0.2, 0.25) is 0 Å². The van der Waals surface area contributed by atoms with Crippen LogP contribution in [0.2, 0.25) is 0 Å². The molecule has 6 nitrogen and oxygen atoms in total. The summed E-state index contributed by atoms with van der Waals surface area (Å²) in [6.45, 7) is 2.45. The first-order valence-corrected chi connectivity index (χ1v) is 5.67. The van der Waals surface area contributed by atoms with Crippen LogP contribution in [0.3, 0.4) is 0 Å². The van der Waals surface area contributed by atoms with E-state index in [9.17, 15) is 9.59 Å². The van der Waals surface area contributed by atoms with Gasteiger partial charge in [0.25, 0.3) is 5.91 Å². The Morgan fingerprint density at radius 1 is 1.47 bits per heavy atom. The van der Waals surface area contributed by atoms with Gasteiger partial charge in [-0.1, -0.05) is 6.92 Å². The smallest absolute Gasteiger partial charge is 0.303 e. The third-order valence-electron chi connectivity index (χ3n) is 2.35. The molecule has 0 aliphatic rings. The topological polar surface area (TPSA) is 95.1 Å². The maximum absolute atomic E-state index is 11.6. The Bertz CT molecular complexity index is 387. The summed E-state index contributed by atoms with van der Waals surface area (Å²) in [7, 11) is 0. The number of nitrogens with one attached hydrogen (secondary N) is 2. The van der Waals surface area contributed by atoms with Crippen LogP contribution in [-0.2, 0) is 11.2 Å². The second-order valence-electron chi connectivity index (χ2n) is 3.74. The molecule has 0 aliphatic carbocycles. The van der Waals surface area contributed by atoms with Gasteiger partial charge < -0.3 is 10.4 Å². The van der Waals surface area contributed by atoms with Crippen LogP contribution in [0, 0.1) is 0 Å². The first-order valence-electron chi connectivity index (χ1n) is 5.67. The molecular weight excluding hydrogens is 222 g/mol. The first-order chi connectivity index (χ1) is 8.13. The van der Waals surface area contributed by atoms with Crippen LogP contribution in [0.25, 0.3) is 0 Å². The molecule has 6 heteroatoms. The van der Waals surface area contributed by atoms with Gasteiger partial charge in [0, 0.05) is 18.7 Å². The number of carbonyl (C=O) groups is 2. The second kappa shape index (κ2) is 6.67. The molecule has 1 amide bonds. The van der Waals surface area contributed by atoms with Crippen molar-refractivity contribution in [3.05, 3.63) is 17.5 Å². The number of nitrogens with zero attached hydrogens (tertiary/aromatic N) is 1. The molecule has 17 heavy (non-hydrogen) atoms. The lowest BCUT2D eigenvalue weighted by Crippen LogP contribution is -2.24. The molecule has 1 aromatic rings. The van der Waals surface area contributed by atoms with Crippen molar-refractivity contribution >= 4 is 11.9 Å². The summed E-state index contributed by atoms with van der Waals surface area (Å²) in [6.07, 6.45) is 2.16. The number of aliphatic carboxylic acids is 1. The number of aromatic nitrogens is 2. The van der Waals surface area contributed by atoms with E-state index in [1.165, 1.54) is 0 Å². The largest absolute Gasteiger partial charge is 0.481 e. The van der Waals surface area contributed by atoms with Gasteiger partial charge in [0.15, 0.2) is 0 Å². The number of carbonyl (C=O) groups excluding carboxylic acids is 1. The van der Waals surface area contributed by atoms with Crippen molar-refractivity contribution in [2.24, 2.45) is 0 Å². The van der Waals surface area contributed by atoms with E-state index in [1.54, 1.807) is 6.07 Å². The van der Waals surface area contributed by atoms with Crippen molar-refractivity contribution in [3.8, 4) is 0 Å². The molecule has 94 valence electrons. The van der Waals surface area contributed by atoms with Gasteiger partial charge in [-0.3, -0.25) is 14.7 Å². The molecule has 0 atom stereocenters. The highest BCUT2D eigenvalue weighted by Crippen LogP contribution is 2.00. The maximum Gasteiger partial charge on any atom is 0.303 e. The molecule has 1 rings (SSSR count). The van der Waals surface area contributed by atoms with Crippen LogP contribution in [-0.4, -0.2) is 33.7 Å². The fraction of sp³-hybridized carbons (Fsp3) is 0.545. The lowest BCUT2D eigenvalue weighted by molar-refractivity contribution is -0.137. The minimum Gasteiger partial charge on any atom is -0.481 e. The van der Waals surface area contributed by atoms with E-state index in [2.05, 4.69) is 15.5 Å². The lowest BCUT2D eigenvalue weighted by Gasteiger charge is -2.01. The van der Waals surface area contributed by atoms with Crippen molar-refractivity contribution in [3.63, 3.8) is 0 Å². The average Bonchev–Trinajstić information content (AvgIpc) is 2.76. The summed E-state index contributed by atoms with van der Waals surface area (Å²) in [4.78, 5) is 21.8. The number of aryl methyl sites for hydroxylation is 1. The highest BCUT2D eigenvalue weighted by Gasteiger charge is 2.08. The number of hydrogen-bond acceptors (Lipinski definition) is 3. The zero-order valence-corrected chi connectivity index (χ0v) is 9.82. The number of carboxylic acid groups (broad SMARTS) is 1. The Kier molecular flexibility index (Phi) is 5.19. The molecule has 0 spiro atoms. The number of unbranched alkanes of at least 4 members (excludes halogenated alkanes) is 1. The van der Waals surface area contributed by atoms with Crippen LogP contribution in [0.15, 0.2) is 6.07 Å². The quantitative estimate of drug-likeness (QED) is 0.617. The minimum atomic E-state index is -0.809. The number of rotatable bonds is 7. The van der Waals surface area contributed by atoms with Crippen molar-refractivity contribution in [2.45, 2.75) is 32.6 Å². The summed E-state index contributed by atoms with van der Waals surface area (Å²) in [5, 5.41) is 17.8. The third kappa shape index (κ3) is 4.67. The summed E-state index contributed by atoms with van der Waals surface area (Å²) in [5.74, 6) is -1.03. The van der Waals surface area contributed by atoms with E-state index >= 15 is 0 Å². The van der Waals surface area contributed by atoms with Gasteiger partial charge in [-0.25, -0.2) is 0 Å². The Morgan fingerprint density at radius 2 is 2.24 bits per heavy atom. The van der Waals surface area contributed by atoms with E-state index in [-0.39, 0.29) is 12.3 Å². The Hall–Kier alpha value is -1.85. The van der Waals surface area contributed by atoms with Gasteiger partial charge in [-0.05, 0) is 25.3 Å². The monoisotopic (exact) mass is 239 g/mol. The van der Waals surface area contributed by atoms with Crippen LogP contribution in [0.4, 0.5) is 0 Å². The number of carboxylic acids is 1. The fourth-order valence-electron chi connectivity index (χ4n) is 1.35. The van der Waals surface area contributed by atoms with E-state index in [4.69, 9.17) is 5.11 Å². The summed E-state index contributed by atoms with van der Waals surface area (Å²) in [6, 6.07) is 1.71. The van der Waals surface area contributed by atoms with Crippen molar-refractivity contribution in [1.82, 2.24) is 15.5 Å². The SMILES string of the molecule is CCc1cc(C(=O)NCCCCC(=O)O)n[nH]1. The summed E-state index contributed by atoms with van der Waals surface area (Å²) in [5.41, 5.74) is 1.29. The molecule has 0 fully saturated rings. The Morgan fingerprint density at radius 3 is 2.82 bits per heavy atom. The van der Waals surface area contributed by atoms with Crippen molar-refractivity contribution < 1.29 is 14.7 Å². The molecule has 0 bridgehead atoms. The van der Waals surface area contributed by atoms with Gasteiger partial charge in [0.05, 0.1) is 0 Å². The zero-order valence-electron chi connectivity index (χ0n) is 9.82. The van der Waals surface area contributed by atoms with E-state index < -0.39 is 5.97 Å². The molecule has 0 radical (unpaired) electrons. The van der Waals surface area contributed by atoms with Gasteiger partial charge in [-0.2, -0.15) is 5.10 Å². The molecule has 0 aliphatic heterocycles. The highest BCUT2D eigenvalue weighted by molar-refractivity contribution is 5.92. The van der Waals surface area contributed by atoms with Crippen molar-refractivity contribution in [2.75, 3.05) is 6.54 Å². The molecular formula is C11H17N3O3. The fourth-order valence-corrected chi connectivity index (χ4v) is 1.35. The predicted molar refractivity (Wildman–Crippen MR) is 61.8 cm³/mol. The lowest BCUT2D eigenvalue weighted by atomic mass is 10.2. The molecule has 0 aromatic carbocycles. The Labute approximate surface area is 99.4 Å². The van der Waals surface area contributed by atoms with Gasteiger partial charge in [-0.15, -0.1) is 0 Å². The summed E-state index contributed by atoms with van der Waals surface area (Å²) < 4.78 is 0. The molecule has 1 aromatic heterocycles. The van der Waals surface area contributed by atoms with Crippen LogP contribution in [0.1, 0.15) is 42.4 Å². The first kappa shape index (κ1) is 13.2. The molecule has 0 saturated heterocycles. The van der Waals surface area contributed by atoms with E-state index in [0.29, 0.717) is 25.1 Å². The second-order valence-corrected chi connectivity index (χ2v) is 3.74. The molecule has 3 N–H and O–H groups in total. The predicted octanol–water partition coefficient (Wildman–Crippen LogP) is 0.957. The third-order valence-corrected chi connectivity index (χ3v) is 2.35. The zero-order chi connectivity index (χ0) is 12.7. The maximum atomic E-state index is 11.6. The molecule has 0 saturated carbocycles. The van der Waals surface area contributed by atoms with Crippen molar-refractivity contribution in [1.29, 1.82) is 0 Å². The number of amides is 1. The van der Waals surface area contributed by atoms with Crippen LogP contribution >= 0.6 is 0 Å². The minimum absolute atomic E-state index is 0.137. The van der Waals surface area contributed by atoms with E-state index in [0.717, 1.165) is 12.1 Å². The Balaban J connectivity index is 2.23. The van der Waals surface area contributed by atoms with Gasteiger partial charge in [0.1, 0.15) is 5.69 Å². The summed E-state index contributed by atoms with van der Waals surface area (Å²) >= 11 is 0. The molecule has 0 unspecified atom stereocenters. The van der Waals surface area contributed by atoms with Gasteiger partial charge >= 0.3 is 5.97 Å². The van der Waals surface area contributed by atoms with Crippen LogP contribution in [0.5, 0.6) is 0 Å². The van der Waals surface area contributed by atoms with E-state index in [1.807, 2.05) is 6.92 Å². The average molecular weight is 239 g/mol. The number of H-pyrrole nitrogens is 1. The highest BCUT2D eigenvalue weighted by atomic mass is 16.4. The molecule has 1 heterocycles. The van der Waals surface area contributed by atoms with Crippen LogP contribution < -0.4 is 5.32 Å². The normalized spacial score (nSPS) is 10.2. The number of hydrogen-bond donors (Lipinski definition) is 3. The number of aromatic amines is 1.